The first-order valence-electron chi connectivity index (χ1n) is 9.00. The van der Waals surface area contributed by atoms with Crippen LogP contribution in [0.1, 0.15) is 16.8 Å². The zero-order valence-electron chi connectivity index (χ0n) is 15.4. The second kappa shape index (κ2) is 9.27. The maximum atomic E-state index is 12.5. The van der Waals surface area contributed by atoms with Crippen molar-refractivity contribution in [2.45, 2.75) is 12.8 Å². The molecule has 1 N–H and O–H groups in total. The number of hydrogen-bond donors (Lipinski definition) is 1. The molecule has 10 heteroatoms. The predicted octanol–water partition coefficient (Wildman–Crippen LogP) is 3.43. The van der Waals surface area contributed by atoms with E-state index in [1.807, 2.05) is 15.7 Å². The van der Waals surface area contributed by atoms with Gasteiger partial charge in [-0.3, -0.25) is 14.5 Å². The molecule has 6 nitrogen and oxygen atoms in total. The van der Waals surface area contributed by atoms with Crippen molar-refractivity contribution in [3.63, 3.8) is 0 Å². The second-order valence-corrected chi connectivity index (χ2v) is 7.33. The third-order valence-electron chi connectivity index (χ3n) is 4.38. The molecule has 2 heterocycles. The molecule has 0 radical (unpaired) electrons. The number of halogens is 3. The summed E-state index contributed by atoms with van der Waals surface area (Å²) in [7, 11) is 0. The molecule has 0 saturated carbocycles. The lowest BCUT2D eigenvalue weighted by molar-refractivity contribution is -0.274. The lowest BCUT2D eigenvalue weighted by Gasteiger charge is -2.21. The molecule has 156 valence electrons. The van der Waals surface area contributed by atoms with E-state index in [1.54, 1.807) is 11.0 Å². The molecule has 3 rings (SSSR count). The highest BCUT2D eigenvalue weighted by molar-refractivity contribution is 7.08. The largest absolute Gasteiger partial charge is 0.573 e. The van der Waals surface area contributed by atoms with Gasteiger partial charge in [0.25, 0.3) is 5.91 Å². The molecular weight excluding hydrogens is 407 g/mol. The molecule has 0 atom stereocenters. The number of rotatable bonds is 5. The third-order valence-corrected chi connectivity index (χ3v) is 5.07. The zero-order valence-corrected chi connectivity index (χ0v) is 16.3. The van der Waals surface area contributed by atoms with Crippen LogP contribution in [-0.4, -0.2) is 60.7 Å². The monoisotopic (exact) mass is 427 g/mol. The molecule has 0 bridgehead atoms. The van der Waals surface area contributed by atoms with Gasteiger partial charge in [0, 0.05) is 37.2 Å². The van der Waals surface area contributed by atoms with Crippen LogP contribution >= 0.6 is 11.3 Å². The van der Waals surface area contributed by atoms with E-state index in [2.05, 4.69) is 10.1 Å². The average Bonchev–Trinajstić information content (AvgIpc) is 3.09. The molecule has 2 aromatic rings. The quantitative estimate of drug-likeness (QED) is 0.794. The number of amides is 2. The smallest absolute Gasteiger partial charge is 0.406 e. The van der Waals surface area contributed by atoms with E-state index in [4.69, 9.17) is 0 Å². The van der Waals surface area contributed by atoms with E-state index in [0.717, 1.165) is 18.6 Å². The van der Waals surface area contributed by atoms with Crippen molar-refractivity contribution >= 4 is 28.8 Å². The zero-order chi connectivity index (χ0) is 20.9. The molecule has 2 amide bonds. The van der Waals surface area contributed by atoms with Crippen molar-refractivity contribution < 1.29 is 27.5 Å². The standard InChI is InChI=1S/C19H20F3N3O3S/c20-19(21,22)28-16-4-2-15(3-5-16)23-17(26)12-24-7-1-8-25(10-9-24)18(27)14-6-11-29-13-14/h2-6,11,13H,1,7-10,12H2,(H,23,26). The van der Waals surface area contributed by atoms with Crippen LogP contribution in [0.5, 0.6) is 5.75 Å². The predicted molar refractivity (Wildman–Crippen MR) is 103 cm³/mol. The van der Waals surface area contributed by atoms with Crippen LogP contribution in [-0.2, 0) is 4.79 Å². The van der Waals surface area contributed by atoms with Crippen molar-refractivity contribution in [1.82, 2.24) is 9.80 Å². The minimum absolute atomic E-state index is 0.00119. The van der Waals surface area contributed by atoms with Gasteiger partial charge in [0.2, 0.25) is 5.91 Å². The summed E-state index contributed by atoms with van der Waals surface area (Å²) < 4.78 is 40.3. The van der Waals surface area contributed by atoms with Crippen molar-refractivity contribution in [1.29, 1.82) is 0 Å². The Balaban J connectivity index is 1.47. The molecular formula is C19H20F3N3O3S. The van der Waals surface area contributed by atoms with Gasteiger partial charge >= 0.3 is 6.36 Å². The van der Waals surface area contributed by atoms with Crippen LogP contribution in [0.4, 0.5) is 18.9 Å². The van der Waals surface area contributed by atoms with Gasteiger partial charge in [0.05, 0.1) is 12.1 Å². The number of ether oxygens (including phenoxy) is 1. The fourth-order valence-electron chi connectivity index (χ4n) is 3.04. The molecule has 1 saturated heterocycles. The van der Waals surface area contributed by atoms with E-state index < -0.39 is 6.36 Å². The number of thiophene rings is 1. The number of alkyl halides is 3. The van der Waals surface area contributed by atoms with E-state index >= 15 is 0 Å². The molecule has 1 aromatic heterocycles. The number of benzene rings is 1. The summed E-state index contributed by atoms with van der Waals surface area (Å²) in [6, 6.07) is 6.78. The van der Waals surface area contributed by atoms with Crippen molar-refractivity contribution in [2.75, 3.05) is 38.0 Å². The second-order valence-electron chi connectivity index (χ2n) is 6.55. The minimum atomic E-state index is -4.75. The summed E-state index contributed by atoms with van der Waals surface area (Å²) in [6.07, 6.45) is -4.00. The van der Waals surface area contributed by atoms with Gasteiger partial charge in [0.15, 0.2) is 0 Å². The summed E-state index contributed by atoms with van der Waals surface area (Å²) in [4.78, 5) is 28.5. The molecule has 0 unspecified atom stereocenters. The summed E-state index contributed by atoms with van der Waals surface area (Å²) in [5.41, 5.74) is 1.06. The highest BCUT2D eigenvalue weighted by atomic mass is 32.1. The molecule has 1 aliphatic rings. The van der Waals surface area contributed by atoms with Gasteiger partial charge in [-0.05, 0) is 42.1 Å². The summed E-state index contributed by atoms with van der Waals surface area (Å²) >= 11 is 1.48. The Morgan fingerprint density at radius 3 is 2.48 bits per heavy atom. The van der Waals surface area contributed by atoms with Crippen LogP contribution in [0.25, 0.3) is 0 Å². The average molecular weight is 427 g/mol. The van der Waals surface area contributed by atoms with Crippen molar-refractivity contribution in [2.24, 2.45) is 0 Å². The first-order chi connectivity index (χ1) is 13.8. The Morgan fingerprint density at radius 1 is 1.07 bits per heavy atom. The first kappa shape index (κ1) is 21.1. The lowest BCUT2D eigenvalue weighted by Crippen LogP contribution is -2.37. The Hall–Kier alpha value is -2.59. The van der Waals surface area contributed by atoms with Gasteiger partial charge in [-0.2, -0.15) is 11.3 Å². The van der Waals surface area contributed by atoms with E-state index in [9.17, 15) is 22.8 Å². The third kappa shape index (κ3) is 6.47. The number of carbonyl (C=O) groups is 2. The highest BCUT2D eigenvalue weighted by Crippen LogP contribution is 2.24. The maximum Gasteiger partial charge on any atom is 0.573 e. The lowest BCUT2D eigenvalue weighted by atomic mass is 10.3. The van der Waals surface area contributed by atoms with Gasteiger partial charge in [0.1, 0.15) is 5.75 Å². The normalized spacial score (nSPS) is 15.6. The van der Waals surface area contributed by atoms with Crippen LogP contribution in [0.2, 0.25) is 0 Å². The summed E-state index contributed by atoms with van der Waals surface area (Å²) in [6.45, 7) is 2.56. The maximum absolute atomic E-state index is 12.5. The Morgan fingerprint density at radius 2 is 1.83 bits per heavy atom. The molecule has 0 aliphatic carbocycles. The highest BCUT2D eigenvalue weighted by Gasteiger charge is 2.31. The molecule has 1 aliphatic heterocycles. The van der Waals surface area contributed by atoms with E-state index in [0.29, 0.717) is 37.4 Å². The number of nitrogens with one attached hydrogen (secondary N) is 1. The van der Waals surface area contributed by atoms with Gasteiger partial charge in [-0.15, -0.1) is 13.2 Å². The Kier molecular flexibility index (Phi) is 6.75. The van der Waals surface area contributed by atoms with Gasteiger partial charge in [-0.1, -0.05) is 0 Å². The van der Waals surface area contributed by atoms with Gasteiger partial charge < -0.3 is 15.0 Å². The molecule has 1 aromatic carbocycles. The number of carbonyl (C=O) groups excluding carboxylic acids is 2. The first-order valence-corrected chi connectivity index (χ1v) is 9.94. The van der Waals surface area contributed by atoms with Crippen LogP contribution in [0.15, 0.2) is 41.1 Å². The van der Waals surface area contributed by atoms with Crippen molar-refractivity contribution in [3.8, 4) is 5.75 Å². The fourth-order valence-corrected chi connectivity index (χ4v) is 3.67. The topological polar surface area (TPSA) is 61.9 Å². The number of hydrogen-bond acceptors (Lipinski definition) is 5. The number of nitrogens with zero attached hydrogens (tertiary/aromatic N) is 2. The van der Waals surface area contributed by atoms with Crippen LogP contribution in [0.3, 0.4) is 0 Å². The number of anilines is 1. The van der Waals surface area contributed by atoms with Crippen molar-refractivity contribution in [3.05, 3.63) is 46.7 Å². The molecule has 29 heavy (non-hydrogen) atoms. The Labute approximate surface area is 169 Å². The summed E-state index contributed by atoms with van der Waals surface area (Å²) in [5.74, 6) is -0.621. The Bertz CT molecular complexity index is 825. The SMILES string of the molecule is O=C(CN1CCCN(C(=O)c2ccsc2)CC1)Nc1ccc(OC(F)(F)F)cc1. The van der Waals surface area contributed by atoms with E-state index in [-0.39, 0.29) is 24.1 Å². The van der Waals surface area contributed by atoms with Gasteiger partial charge in [-0.25, -0.2) is 0 Å². The molecule has 0 spiro atoms. The van der Waals surface area contributed by atoms with E-state index in [1.165, 1.54) is 23.5 Å². The van der Waals surface area contributed by atoms with Crippen LogP contribution < -0.4 is 10.1 Å². The van der Waals surface area contributed by atoms with Crippen LogP contribution in [0, 0.1) is 0 Å². The minimum Gasteiger partial charge on any atom is -0.406 e. The fraction of sp³-hybridized carbons (Fsp3) is 0.368. The molecule has 1 fully saturated rings. The summed E-state index contributed by atoms with van der Waals surface area (Å²) in [5, 5.41) is 6.35.